The van der Waals surface area contributed by atoms with Crippen LogP contribution in [0.2, 0.25) is 0 Å². The number of carboxylic acid groups (broad SMARTS) is 1. The summed E-state index contributed by atoms with van der Waals surface area (Å²) in [6.07, 6.45) is 4.51. The topological polar surface area (TPSA) is 328 Å². The second kappa shape index (κ2) is 27.5. The van der Waals surface area contributed by atoms with Gasteiger partial charge in [0.2, 0.25) is 47.3 Å². The van der Waals surface area contributed by atoms with E-state index in [-0.39, 0.29) is 49.7 Å². The maximum absolute atomic E-state index is 13.6. The molecule has 60 heavy (non-hydrogen) atoms. The van der Waals surface area contributed by atoms with E-state index >= 15 is 0 Å². The van der Waals surface area contributed by atoms with Gasteiger partial charge < -0.3 is 63.2 Å². The van der Waals surface area contributed by atoms with E-state index in [4.69, 9.17) is 5.73 Å². The molecular weight excluding hydrogens is 867 g/mol. The minimum atomic E-state index is -1.65. The van der Waals surface area contributed by atoms with Crippen LogP contribution in [0.5, 0.6) is 0 Å². The number of carboxylic acids is 1. The van der Waals surface area contributed by atoms with E-state index in [1.807, 2.05) is 0 Å². The number of fused-ring (bicyclic) bond motifs is 1. The molecular formula is C35H59N9O12S4. The molecule has 2 rings (SSSR count). The molecule has 12 N–H and O–H groups in total. The lowest BCUT2D eigenvalue weighted by molar-refractivity contribution is -0.141. The van der Waals surface area contributed by atoms with Crippen LogP contribution in [0.3, 0.4) is 0 Å². The highest BCUT2D eigenvalue weighted by atomic mass is 33.1. The van der Waals surface area contributed by atoms with Gasteiger partial charge in [0.25, 0.3) is 0 Å². The number of amides is 8. The number of carbonyl (C=O) groups is 9. The first-order valence-electron chi connectivity index (χ1n) is 19.3. The van der Waals surface area contributed by atoms with Crippen molar-refractivity contribution in [3.63, 3.8) is 0 Å². The fraction of sp³-hybridized carbons (Fsp3) is 0.743. The molecule has 0 aromatic carbocycles. The molecule has 2 aliphatic heterocycles. The summed E-state index contributed by atoms with van der Waals surface area (Å²) in [6, 6.07) is -10.5. The summed E-state index contributed by atoms with van der Waals surface area (Å²) >= 11 is 2.77. The number of carbonyl (C=O) groups excluding carboxylic acids is 8. The van der Waals surface area contributed by atoms with Crippen molar-refractivity contribution in [2.24, 2.45) is 11.7 Å². The average Bonchev–Trinajstić information content (AvgIpc) is 3.71. The Kier molecular flexibility index (Phi) is 24.1. The summed E-state index contributed by atoms with van der Waals surface area (Å²) in [5.74, 6) is -7.29. The third-order valence-electron chi connectivity index (χ3n) is 9.27. The molecule has 2 aliphatic rings. The maximum Gasteiger partial charge on any atom is 0.327 e. The van der Waals surface area contributed by atoms with Crippen molar-refractivity contribution >= 4 is 98.3 Å². The lowest BCUT2D eigenvalue weighted by atomic mass is 10.0. The van der Waals surface area contributed by atoms with Crippen molar-refractivity contribution in [2.75, 3.05) is 61.8 Å². The lowest BCUT2D eigenvalue weighted by Crippen LogP contribution is -2.61. The average molecular weight is 926 g/mol. The van der Waals surface area contributed by atoms with E-state index in [9.17, 15) is 58.5 Å². The van der Waals surface area contributed by atoms with Gasteiger partial charge >= 0.3 is 5.97 Å². The van der Waals surface area contributed by atoms with E-state index in [2.05, 4.69) is 37.2 Å². The quantitative estimate of drug-likeness (QED) is 0.0890. The predicted octanol–water partition coefficient (Wildman–Crippen LogP) is -3.65. The Morgan fingerprint density at radius 1 is 0.717 bits per heavy atom. The van der Waals surface area contributed by atoms with Crippen LogP contribution in [-0.4, -0.2) is 184 Å². The molecule has 0 aromatic heterocycles. The third kappa shape index (κ3) is 17.5. The monoisotopic (exact) mass is 925 g/mol. The van der Waals surface area contributed by atoms with E-state index in [0.29, 0.717) is 17.9 Å². The molecule has 0 aromatic rings. The molecule has 21 nitrogen and oxygen atoms in total. The highest BCUT2D eigenvalue weighted by Crippen LogP contribution is 2.23. The number of hydrogen-bond donors (Lipinski definition) is 11. The van der Waals surface area contributed by atoms with Crippen molar-refractivity contribution in [3.05, 3.63) is 0 Å². The zero-order valence-corrected chi connectivity index (χ0v) is 37.3. The lowest BCUT2D eigenvalue weighted by Gasteiger charge is -2.28. The first-order chi connectivity index (χ1) is 28.5. The molecule has 8 atom stereocenters. The van der Waals surface area contributed by atoms with Gasteiger partial charge in [0.1, 0.15) is 42.3 Å². The van der Waals surface area contributed by atoms with Crippen LogP contribution < -0.4 is 43.0 Å². The normalized spacial score (nSPS) is 28.1. The first kappa shape index (κ1) is 52.6. The van der Waals surface area contributed by atoms with Crippen LogP contribution in [0, 0.1) is 5.92 Å². The number of aliphatic carboxylic acids is 1. The van der Waals surface area contributed by atoms with Crippen LogP contribution in [0.4, 0.5) is 0 Å². The van der Waals surface area contributed by atoms with Gasteiger partial charge in [0, 0.05) is 18.1 Å². The summed E-state index contributed by atoms with van der Waals surface area (Å²) in [5, 5.41) is 47.3. The Morgan fingerprint density at radius 3 is 1.75 bits per heavy atom. The summed E-state index contributed by atoms with van der Waals surface area (Å²) < 4.78 is 0. The zero-order chi connectivity index (χ0) is 44.9. The van der Waals surface area contributed by atoms with Crippen LogP contribution in [-0.2, 0) is 43.2 Å². The molecule has 0 spiro atoms. The van der Waals surface area contributed by atoms with Crippen molar-refractivity contribution < 1.29 is 58.5 Å². The number of nitrogens with zero attached hydrogens (tertiary/aromatic N) is 1. The molecule has 0 radical (unpaired) electrons. The number of nitrogens with one attached hydrogen (secondary N) is 7. The largest absolute Gasteiger partial charge is 0.480 e. The Morgan fingerprint density at radius 2 is 1.20 bits per heavy atom. The highest BCUT2D eigenvalue weighted by molar-refractivity contribution is 8.76. The Balaban J connectivity index is 2.44. The van der Waals surface area contributed by atoms with Crippen LogP contribution in [0.1, 0.15) is 46.0 Å². The Labute approximate surface area is 365 Å². The predicted molar refractivity (Wildman–Crippen MR) is 229 cm³/mol. The van der Waals surface area contributed by atoms with Crippen LogP contribution in [0.15, 0.2) is 0 Å². The molecule has 0 bridgehead atoms. The summed E-state index contributed by atoms with van der Waals surface area (Å²) in [5.41, 5.74) is 6.11. The second-order valence-corrected chi connectivity index (χ2v) is 18.9. The smallest absolute Gasteiger partial charge is 0.327 e. The minimum Gasteiger partial charge on any atom is -0.480 e. The summed E-state index contributed by atoms with van der Waals surface area (Å²) in [6.45, 7) is 1.30. The molecule has 0 saturated carbocycles. The molecule has 0 aliphatic carbocycles. The molecule has 0 unspecified atom stereocenters. The fourth-order valence-electron chi connectivity index (χ4n) is 5.95. The number of hydrogen-bond acceptors (Lipinski definition) is 16. The summed E-state index contributed by atoms with van der Waals surface area (Å²) in [7, 11) is 2.09. The third-order valence-corrected chi connectivity index (χ3v) is 13.0. The second-order valence-electron chi connectivity index (χ2n) is 14.4. The van der Waals surface area contributed by atoms with Crippen molar-refractivity contribution in [3.8, 4) is 0 Å². The van der Waals surface area contributed by atoms with Gasteiger partial charge in [-0.3, -0.25) is 38.4 Å². The van der Waals surface area contributed by atoms with Crippen molar-refractivity contribution in [1.29, 1.82) is 0 Å². The van der Waals surface area contributed by atoms with Gasteiger partial charge in [0.15, 0.2) is 0 Å². The van der Waals surface area contributed by atoms with Gasteiger partial charge in [-0.2, -0.15) is 23.5 Å². The molecule has 340 valence electrons. The number of aliphatic hydroxyl groups excluding tert-OH is 2. The first-order valence-corrected chi connectivity index (χ1v) is 24.6. The molecule has 8 amide bonds. The van der Waals surface area contributed by atoms with Crippen molar-refractivity contribution in [1.82, 2.24) is 42.1 Å². The molecule has 25 heteroatoms. The van der Waals surface area contributed by atoms with Crippen LogP contribution >= 0.6 is 45.1 Å². The maximum atomic E-state index is 13.6. The number of rotatable bonds is 11. The zero-order valence-electron chi connectivity index (χ0n) is 34.1. The van der Waals surface area contributed by atoms with E-state index < -0.39 is 121 Å². The number of thioether (sulfide) groups is 2. The van der Waals surface area contributed by atoms with Gasteiger partial charge in [-0.05, 0) is 62.0 Å². The molecule has 2 fully saturated rings. The Bertz CT molecular complexity index is 1520. The molecule has 2 saturated heterocycles. The SMILES string of the molecule is CSCC[C@@H]1NC(=O)[C@H](CO)NC(=O)[C@H](CO)NC(=O)[C@@H]2CCCN2C(=O)CNC(=O)[C@H](CCSC)NC(=O)[C@@H](N)CSSC[C@@H](C(=O)O)NC(=O)[C@H](CC(C)C)NC1=O. The van der Waals surface area contributed by atoms with E-state index in [1.165, 1.54) is 28.4 Å². The van der Waals surface area contributed by atoms with Gasteiger partial charge in [-0.1, -0.05) is 35.4 Å². The number of aliphatic hydroxyl groups is 2. The van der Waals surface area contributed by atoms with Gasteiger partial charge in [0.05, 0.1) is 25.8 Å². The van der Waals surface area contributed by atoms with E-state index in [1.54, 1.807) is 26.4 Å². The van der Waals surface area contributed by atoms with E-state index in [0.717, 1.165) is 21.6 Å². The highest BCUT2D eigenvalue weighted by Gasteiger charge is 2.37. The van der Waals surface area contributed by atoms with Crippen LogP contribution in [0.25, 0.3) is 0 Å². The van der Waals surface area contributed by atoms with Crippen molar-refractivity contribution in [2.45, 2.75) is 94.3 Å². The molecule has 2 heterocycles. The summed E-state index contributed by atoms with van der Waals surface area (Å²) in [4.78, 5) is 120. The van der Waals surface area contributed by atoms with Gasteiger partial charge in [-0.25, -0.2) is 4.79 Å². The van der Waals surface area contributed by atoms with Gasteiger partial charge in [-0.15, -0.1) is 0 Å². The number of nitrogens with two attached hydrogens (primary N) is 1. The standard InChI is InChI=1S/C35H59N9O12S4/c1-18(2)12-22-31(51)43-25(35(55)56)17-60-59-16-19(36)28(48)38-20(7-10-57-3)29(49)37-13-27(47)44-9-5-6-26(44)34(54)42-24(15-46)33(53)41-23(14-45)32(52)39-21(8-11-58-4)30(50)40-22/h18-26,45-46H,5-17,36H2,1-4H3,(H,37,49)(H,38,48)(H,39,52)(H,40,50)(H,41,53)(H,42,54)(H,43,51)(H,55,56)/t19-,20-,21-,22-,23-,24-,25-,26-/m0/s1. The minimum absolute atomic E-state index is 0.00483. The Hall–Kier alpha value is -3.49. The fourth-order valence-corrected chi connectivity index (χ4v) is 9.17.